The van der Waals surface area contributed by atoms with E-state index < -0.39 is 17.8 Å². The molecule has 0 aliphatic heterocycles. The maximum Gasteiger partial charge on any atom is 0.416 e. The van der Waals surface area contributed by atoms with Gasteiger partial charge in [0.2, 0.25) is 0 Å². The van der Waals surface area contributed by atoms with Gasteiger partial charge in [-0.15, -0.1) is 0 Å². The fourth-order valence-corrected chi connectivity index (χ4v) is 2.81. The molecule has 3 rings (SSSR count). The Morgan fingerprint density at radius 2 is 1.96 bits per heavy atom. The topological polar surface area (TPSA) is 61.7 Å². The number of rotatable bonds is 4. The number of hydrogen-bond acceptors (Lipinski definition) is 3. The molecule has 10 heteroatoms. The van der Waals surface area contributed by atoms with Crippen LogP contribution in [0.15, 0.2) is 42.7 Å². The van der Waals surface area contributed by atoms with Crippen LogP contribution < -0.4 is 15.5 Å². The monoisotopic (exact) mass is 411 g/mol. The summed E-state index contributed by atoms with van der Waals surface area (Å²) < 4.78 is 40.6. The van der Waals surface area contributed by atoms with Crippen molar-refractivity contribution in [3.63, 3.8) is 0 Å². The van der Waals surface area contributed by atoms with E-state index in [0.29, 0.717) is 22.1 Å². The number of fused-ring (bicyclic) bond motifs is 1. The fraction of sp³-hybridized carbons (Fsp3) is 0.222. The van der Waals surface area contributed by atoms with Gasteiger partial charge in [-0.2, -0.15) is 13.2 Å². The smallest absolute Gasteiger partial charge is 0.376 e. The minimum atomic E-state index is -4.50. The lowest BCUT2D eigenvalue weighted by Gasteiger charge is -2.20. The summed E-state index contributed by atoms with van der Waals surface area (Å²) in [6, 6.07) is 5.98. The average molecular weight is 412 g/mol. The number of hydrogen-bond donors (Lipinski definition) is 2. The Kier molecular flexibility index (Phi) is 5.37. The number of halogens is 4. The molecule has 2 amide bonds. The summed E-state index contributed by atoms with van der Waals surface area (Å²) in [7, 11) is 3.35. The average Bonchev–Trinajstić information content (AvgIpc) is 3.01. The van der Waals surface area contributed by atoms with Crippen molar-refractivity contribution in [2.75, 3.05) is 24.3 Å². The number of urea groups is 1. The second-order valence-electron chi connectivity index (χ2n) is 6.28. The van der Waals surface area contributed by atoms with Crippen molar-refractivity contribution < 1.29 is 18.0 Å². The number of pyridine rings is 1. The number of amides is 2. The van der Waals surface area contributed by atoms with Gasteiger partial charge in [-0.3, -0.25) is 0 Å². The molecule has 0 saturated carbocycles. The molecule has 148 valence electrons. The number of alkyl halides is 3. The summed E-state index contributed by atoms with van der Waals surface area (Å²) >= 11 is 5.92. The van der Waals surface area contributed by atoms with Crippen molar-refractivity contribution in [1.29, 1.82) is 0 Å². The van der Waals surface area contributed by atoms with Crippen LogP contribution in [0.1, 0.15) is 11.3 Å². The van der Waals surface area contributed by atoms with Crippen LogP contribution in [-0.4, -0.2) is 29.5 Å². The van der Waals surface area contributed by atoms with Crippen LogP contribution in [0.3, 0.4) is 0 Å². The quantitative estimate of drug-likeness (QED) is 0.669. The van der Waals surface area contributed by atoms with Crippen molar-refractivity contribution in [2.45, 2.75) is 12.7 Å². The van der Waals surface area contributed by atoms with Crippen molar-refractivity contribution in [3.05, 3.63) is 59.0 Å². The van der Waals surface area contributed by atoms with Gasteiger partial charge < -0.3 is 19.9 Å². The zero-order valence-corrected chi connectivity index (χ0v) is 15.8. The zero-order chi connectivity index (χ0) is 20.5. The molecule has 3 aromatic rings. The Balaban J connectivity index is 1.72. The number of anilines is 2. The van der Waals surface area contributed by atoms with Crippen LogP contribution in [0, 0.1) is 0 Å². The summed E-state index contributed by atoms with van der Waals surface area (Å²) in [6.07, 6.45) is -1.12. The second-order valence-corrected chi connectivity index (χ2v) is 6.71. The standard InChI is InChI=1S/C18H17ClF3N5O/c1-26(2)15-5-3-11(18(20,21)22)7-14(15)25-17(28)23-8-13-10-27-9-12(19)4-6-16(27)24-13/h3-7,9-10H,8H2,1-2H3,(H2,23,25,28). The van der Waals surface area contributed by atoms with E-state index in [-0.39, 0.29) is 12.2 Å². The lowest BCUT2D eigenvalue weighted by molar-refractivity contribution is -0.137. The Morgan fingerprint density at radius 1 is 1.21 bits per heavy atom. The summed E-state index contributed by atoms with van der Waals surface area (Å²) in [5, 5.41) is 5.60. The first-order valence-corrected chi connectivity index (χ1v) is 8.58. The van der Waals surface area contributed by atoms with Crippen LogP contribution in [0.2, 0.25) is 5.02 Å². The third-order valence-corrected chi connectivity index (χ3v) is 4.17. The van der Waals surface area contributed by atoms with Gasteiger partial charge in [-0.25, -0.2) is 9.78 Å². The number of carbonyl (C=O) groups excluding carboxylic acids is 1. The molecule has 0 spiro atoms. The van der Waals surface area contributed by atoms with Crippen molar-refractivity contribution in [1.82, 2.24) is 14.7 Å². The number of carbonyl (C=O) groups is 1. The van der Waals surface area contributed by atoms with Crippen molar-refractivity contribution in [3.8, 4) is 0 Å². The van der Waals surface area contributed by atoms with Crippen LogP contribution in [0.25, 0.3) is 5.65 Å². The summed E-state index contributed by atoms with van der Waals surface area (Å²) in [5.41, 5.74) is 0.902. The third kappa shape index (κ3) is 4.48. The minimum Gasteiger partial charge on any atom is -0.376 e. The highest BCUT2D eigenvalue weighted by molar-refractivity contribution is 6.30. The molecule has 1 aromatic carbocycles. The van der Waals surface area contributed by atoms with E-state index in [1.165, 1.54) is 6.07 Å². The van der Waals surface area contributed by atoms with Gasteiger partial charge in [0, 0.05) is 26.5 Å². The van der Waals surface area contributed by atoms with Gasteiger partial charge in [0.1, 0.15) is 5.65 Å². The zero-order valence-electron chi connectivity index (χ0n) is 15.0. The normalized spacial score (nSPS) is 11.5. The molecular formula is C18H17ClF3N5O. The van der Waals surface area contributed by atoms with E-state index in [2.05, 4.69) is 15.6 Å². The summed E-state index contributed by atoms with van der Waals surface area (Å²) in [5.74, 6) is 0. The van der Waals surface area contributed by atoms with E-state index >= 15 is 0 Å². The third-order valence-electron chi connectivity index (χ3n) is 3.95. The number of nitrogens with zero attached hydrogens (tertiary/aromatic N) is 3. The SMILES string of the molecule is CN(C)c1ccc(C(F)(F)F)cc1NC(=O)NCc1cn2cc(Cl)ccc2n1. The molecule has 2 N–H and O–H groups in total. The van der Waals surface area contributed by atoms with Crippen LogP contribution >= 0.6 is 11.6 Å². The molecule has 0 bridgehead atoms. The van der Waals surface area contributed by atoms with Gasteiger partial charge >= 0.3 is 12.2 Å². The fourth-order valence-electron chi connectivity index (χ4n) is 2.64. The molecule has 6 nitrogen and oxygen atoms in total. The molecule has 0 saturated heterocycles. The molecule has 0 unspecified atom stereocenters. The highest BCUT2D eigenvalue weighted by atomic mass is 35.5. The number of benzene rings is 1. The summed E-state index contributed by atoms with van der Waals surface area (Å²) in [4.78, 5) is 18.2. The second kappa shape index (κ2) is 7.59. The number of aromatic nitrogens is 2. The van der Waals surface area contributed by atoms with E-state index in [1.54, 1.807) is 47.9 Å². The van der Waals surface area contributed by atoms with Crippen LogP contribution in [-0.2, 0) is 12.7 Å². The minimum absolute atomic E-state index is 0.0547. The van der Waals surface area contributed by atoms with E-state index in [1.807, 2.05) is 0 Å². The summed E-state index contributed by atoms with van der Waals surface area (Å²) in [6.45, 7) is 0.0986. The maximum absolute atomic E-state index is 13.0. The Labute approximate surface area is 163 Å². The highest BCUT2D eigenvalue weighted by Gasteiger charge is 2.31. The number of nitrogens with one attached hydrogen (secondary N) is 2. The van der Waals surface area contributed by atoms with Gasteiger partial charge in [0.15, 0.2) is 0 Å². The Morgan fingerprint density at radius 3 is 2.64 bits per heavy atom. The number of imidazole rings is 1. The van der Waals surface area contributed by atoms with Gasteiger partial charge in [-0.05, 0) is 30.3 Å². The predicted octanol–water partition coefficient (Wildman–Crippen LogP) is 4.39. The molecule has 0 aliphatic carbocycles. The molecule has 2 heterocycles. The van der Waals surface area contributed by atoms with Gasteiger partial charge in [0.05, 0.1) is 34.2 Å². The molecule has 0 fully saturated rings. The molecule has 0 aliphatic rings. The van der Waals surface area contributed by atoms with Crippen molar-refractivity contribution in [2.24, 2.45) is 0 Å². The van der Waals surface area contributed by atoms with Crippen LogP contribution in [0.4, 0.5) is 29.3 Å². The molecule has 2 aromatic heterocycles. The predicted molar refractivity (Wildman–Crippen MR) is 102 cm³/mol. The van der Waals surface area contributed by atoms with E-state index in [9.17, 15) is 18.0 Å². The molecule has 28 heavy (non-hydrogen) atoms. The van der Waals surface area contributed by atoms with Crippen LogP contribution in [0.5, 0.6) is 0 Å². The van der Waals surface area contributed by atoms with Crippen molar-refractivity contribution >= 4 is 34.7 Å². The van der Waals surface area contributed by atoms with E-state index in [4.69, 9.17) is 11.6 Å². The molecule has 0 atom stereocenters. The first kappa shape index (κ1) is 19.8. The van der Waals surface area contributed by atoms with Gasteiger partial charge in [-0.1, -0.05) is 11.6 Å². The Bertz CT molecular complexity index is 1020. The van der Waals surface area contributed by atoms with E-state index in [0.717, 1.165) is 12.1 Å². The Hall–Kier alpha value is -2.94. The lowest BCUT2D eigenvalue weighted by Crippen LogP contribution is -2.29. The first-order valence-electron chi connectivity index (χ1n) is 8.20. The highest BCUT2D eigenvalue weighted by Crippen LogP contribution is 2.34. The maximum atomic E-state index is 13.0. The lowest BCUT2D eigenvalue weighted by atomic mass is 10.1. The first-order chi connectivity index (χ1) is 13.1. The molecule has 0 radical (unpaired) electrons. The van der Waals surface area contributed by atoms with Gasteiger partial charge in [0.25, 0.3) is 0 Å². The largest absolute Gasteiger partial charge is 0.416 e. The molecular weight excluding hydrogens is 395 g/mol.